The predicted octanol–water partition coefficient (Wildman–Crippen LogP) is 1.48. The zero-order valence-corrected chi connectivity index (χ0v) is 15.8. The van der Waals surface area contributed by atoms with Gasteiger partial charge in [-0.3, -0.25) is 4.79 Å². The van der Waals surface area contributed by atoms with Gasteiger partial charge in [-0.25, -0.2) is 9.59 Å². The molecule has 2 atom stereocenters. The van der Waals surface area contributed by atoms with E-state index in [1.54, 1.807) is 0 Å². The smallest absolute Gasteiger partial charge is 0.407 e. The van der Waals surface area contributed by atoms with Crippen molar-refractivity contribution in [1.82, 2.24) is 10.6 Å². The number of aliphatic hydroxyl groups excluding tert-OH is 1. The molecule has 2 aromatic rings. The summed E-state index contributed by atoms with van der Waals surface area (Å²) < 4.78 is 5.29. The number of carboxylic acid groups (broad SMARTS) is 1. The lowest BCUT2D eigenvalue weighted by molar-refractivity contribution is -0.144. The third-order valence-corrected chi connectivity index (χ3v) is 4.80. The molecule has 0 aliphatic heterocycles. The van der Waals surface area contributed by atoms with Crippen LogP contribution in [0.5, 0.6) is 0 Å². The van der Waals surface area contributed by atoms with E-state index in [0.29, 0.717) is 0 Å². The number of benzene rings is 2. The number of fused-ring (bicyclic) bond motifs is 3. The molecule has 0 saturated carbocycles. The van der Waals surface area contributed by atoms with Gasteiger partial charge in [-0.2, -0.15) is 0 Å². The highest BCUT2D eigenvalue weighted by Crippen LogP contribution is 2.44. The first-order valence-electron chi connectivity index (χ1n) is 9.17. The molecule has 0 heterocycles. The summed E-state index contributed by atoms with van der Waals surface area (Å²) in [5.41, 5.74) is 4.35. The average Bonchev–Trinajstić information content (AvgIpc) is 3.02. The monoisotopic (exact) mass is 398 g/mol. The Morgan fingerprint density at radius 1 is 1.03 bits per heavy atom. The largest absolute Gasteiger partial charge is 0.480 e. The lowest BCUT2D eigenvalue weighted by atomic mass is 9.98. The van der Waals surface area contributed by atoms with E-state index in [-0.39, 0.29) is 12.5 Å². The molecular formula is C21H22N2O6. The number of amides is 2. The molecule has 2 amide bonds. The maximum atomic E-state index is 12.0. The van der Waals surface area contributed by atoms with E-state index < -0.39 is 36.7 Å². The fourth-order valence-corrected chi connectivity index (χ4v) is 3.42. The topological polar surface area (TPSA) is 125 Å². The van der Waals surface area contributed by atoms with Gasteiger partial charge in [0.15, 0.2) is 6.04 Å². The summed E-state index contributed by atoms with van der Waals surface area (Å²) in [7, 11) is 0. The van der Waals surface area contributed by atoms with Crippen LogP contribution in [0.2, 0.25) is 0 Å². The van der Waals surface area contributed by atoms with E-state index in [1.165, 1.54) is 6.92 Å². The first-order valence-corrected chi connectivity index (χ1v) is 9.17. The number of rotatable bonds is 7. The van der Waals surface area contributed by atoms with Crippen LogP contribution in [0.15, 0.2) is 48.5 Å². The van der Waals surface area contributed by atoms with Gasteiger partial charge in [0, 0.05) is 5.92 Å². The molecule has 8 heteroatoms. The number of aliphatic carboxylic acids is 1. The van der Waals surface area contributed by atoms with E-state index in [1.807, 2.05) is 48.5 Å². The molecule has 29 heavy (non-hydrogen) atoms. The van der Waals surface area contributed by atoms with Crippen molar-refractivity contribution in [1.29, 1.82) is 0 Å². The van der Waals surface area contributed by atoms with Crippen LogP contribution in [0.4, 0.5) is 4.79 Å². The fraction of sp³-hybridized carbons (Fsp3) is 0.286. The van der Waals surface area contributed by atoms with Gasteiger partial charge >= 0.3 is 12.1 Å². The van der Waals surface area contributed by atoms with Crippen LogP contribution in [0.3, 0.4) is 0 Å². The number of alkyl carbamates (subject to hydrolysis) is 1. The maximum Gasteiger partial charge on any atom is 0.407 e. The van der Waals surface area contributed by atoms with Crippen molar-refractivity contribution in [2.75, 3.05) is 13.2 Å². The maximum absolute atomic E-state index is 12.0. The molecule has 8 nitrogen and oxygen atoms in total. The standard InChI is InChI=1S/C21H22N2O6/c1-12(24)19(20(26)27)23-18(25)10-22-21(28)29-11-17-15-8-4-2-6-13(15)14-7-3-5-9-16(14)17/h2-9,12,17,19,24H,10-11H2,1H3,(H,22,28)(H,23,25)(H,26,27). The molecule has 0 bridgehead atoms. The van der Waals surface area contributed by atoms with Gasteiger partial charge < -0.3 is 25.6 Å². The number of aliphatic hydroxyl groups is 1. The van der Waals surface area contributed by atoms with Gasteiger partial charge in [0.2, 0.25) is 5.91 Å². The molecule has 3 rings (SSSR count). The van der Waals surface area contributed by atoms with Gasteiger partial charge in [-0.05, 0) is 29.2 Å². The molecule has 0 aromatic heterocycles. The van der Waals surface area contributed by atoms with E-state index in [9.17, 15) is 19.5 Å². The summed E-state index contributed by atoms with van der Waals surface area (Å²) in [5.74, 6) is -2.21. The van der Waals surface area contributed by atoms with Crippen LogP contribution in [0.25, 0.3) is 11.1 Å². The van der Waals surface area contributed by atoms with Crippen LogP contribution >= 0.6 is 0 Å². The highest BCUT2D eigenvalue weighted by atomic mass is 16.5. The van der Waals surface area contributed by atoms with Gasteiger partial charge in [0.05, 0.1) is 6.10 Å². The second-order valence-electron chi connectivity index (χ2n) is 6.80. The molecule has 0 fully saturated rings. The number of carbonyl (C=O) groups excluding carboxylic acids is 2. The number of ether oxygens (including phenoxy) is 1. The minimum absolute atomic E-state index is 0.103. The van der Waals surface area contributed by atoms with Crippen molar-refractivity contribution in [3.05, 3.63) is 59.7 Å². The van der Waals surface area contributed by atoms with Gasteiger partial charge in [-0.1, -0.05) is 48.5 Å². The lowest BCUT2D eigenvalue weighted by Gasteiger charge is -2.17. The van der Waals surface area contributed by atoms with E-state index in [0.717, 1.165) is 22.3 Å². The van der Waals surface area contributed by atoms with Crippen molar-refractivity contribution in [2.24, 2.45) is 0 Å². The van der Waals surface area contributed by atoms with E-state index >= 15 is 0 Å². The van der Waals surface area contributed by atoms with Crippen molar-refractivity contribution in [3.8, 4) is 11.1 Å². The average molecular weight is 398 g/mol. The Bertz CT molecular complexity index is 881. The van der Waals surface area contributed by atoms with Crippen LogP contribution in [0.1, 0.15) is 24.0 Å². The molecule has 152 valence electrons. The van der Waals surface area contributed by atoms with Crippen LogP contribution in [-0.2, 0) is 14.3 Å². The first-order chi connectivity index (χ1) is 13.9. The van der Waals surface area contributed by atoms with Gasteiger partial charge in [0.25, 0.3) is 0 Å². The van der Waals surface area contributed by atoms with Crippen molar-refractivity contribution >= 4 is 18.0 Å². The minimum atomic E-state index is -1.45. The molecule has 4 N–H and O–H groups in total. The second-order valence-corrected chi connectivity index (χ2v) is 6.80. The molecule has 1 aliphatic rings. The summed E-state index contributed by atoms with van der Waals surface area (Å²) in [6.07, 6.45) is -2.06. The second kappa shape index (κ2) is 8.74. The number of hydrogen-bond acceptors (Lipinski definition) is 5. The number of carboxylic acids is 1. The Hall–Kier alpha value is -3.39. The van der Waals surface area contributed by atoms with Gasteiger partial charge in [0.1, 0.15) is 13.2 Å². The minimum Gasteiger partial charge on any atom is -0.480 e. The first kappa shape index (κ1) is 20.3. The number of carbonyl (C=O) groups is 3. The van der Waals surface area contributed by atoms with Crippen molar-refractivity contribution < 1.29 is 29.3 Å². The third kappa shape index (κ3) is 4.55. The van der Waals surface area contributed by atoms with Crippen LogP contribution in [0, 0.1) is 0 Å². The highest BCUT2D eigenvalue weighted by Gasteiger charge is 2.29. The summed E-state index contributed by atoms with van der Waals surface area (Å²) in [6.45, 7) is 0.887. The lowest BCUT2D eigenvalue weighted by Crippen LogP contribution is -2.50. The Balaban J connectivity index is 1.55. The summed E-state index contributed by atoms with van der Waals surface area (Å²) in [4.78, 5) is 34.8. The Morgan fingerprint density at radius 3 is 2.10 bits per heavy atom. The summed E-state index contributed by atoms with van der Waals surface area (Å²) in [5, 5.41) is 22.7. The number of hydrogen-bond donors (Lipinski definition) is 4. The zero-order valence-electron chi connectivity index (χ0n) is 15.8. The molecule has 0 radical (unpaired) electrons. The molecule has 1 aliphatic carbocycles. The summed E-state index contributed by atoms with van der Waals surface area (Å²) in [6, 6.07) is 14.4. The molecule has 0 saturated heterocycles. The zero-order chi connectivity index (χ0) is 21.0. The van der Waals surface area contributed by atoms with Crippen molar-refractivity contribution in [3.63, 3.8) is 0 Å². The normalized spacial score (nSPS) is 14.3. The third-order valence-electron chi connectivity index (χ3n) is 4.80. The highest BCUT2D eigenvalue weighted by molar-refractivity contribution is 5.87. The van der Waals surface area contributed by atoms with Crippen molar-refractivity contribution in [2.45, 2.75) is 25.0 Å². The van der Waals surface area contributed by atoms with E-state index in [2.05, 4.69) is 10.6 Å². The predicted molar refractivity (Wildman–Crippen MR) is 104 cm³/mol. The van der Waals surface area contributed by atoms with E-state index in [4.69, 9.17) is 9.84 Å². The SMILES string of the molecule is CC(O)C(NC(=O)CNC(=O)OCC1c2ccccc2-c2ccccc21)C(=O)O. The summed E-state index contributed by atoms with van der Waals surface area (Å²) >= 11 is 0. The molecule has 2 unspecified atom stereocenters. The van der Waals surface area contributed by atoms with Gasteiger partial charge in [-0.15, -0.1) is 0 Å². The Kier molecular flexibility index (Phi) is 6.13. The molecular weight excluding hydrogens is 376 g/mol. The molecule has 2 aromatic carbocycles. The van der Waals surface area contributed by atoms with Crippen LogP contribution < -0.4 is 10.6 Å². The number of nitrogens with one attached hydrogen (secondary N) is 2. The fourth-order valence-electron chi connectivity index (χ4n) is 3.42. The van der Waals surface area contributed by atoms with Crippen LogP contribution in [-0.4, -0.2) is 53.5 Å². The quantitative estimate of drug-likeness (QED) is 0.560. The Morgan fingerprint density at radius 2 is 1.59 bits per heavy atom. The Labute approximate surface area is 167 Å². The molecule has 0 spiro atoms.